The molecule has 2 rings (SSSR count). The first-order chi connectivity index (χ1) is 7.78. The van der Waals surface area contributed by atoms with E-state index in [9.17, 15) is 10.4 Å². The van der Waals surface area contributed by atoms with Crippen molar-refractivity contribution in [2.24, 2.45) is 11.3 Å². The van der Waals surface area contributed by atoms with Crippen LogP contribution in [0.3, 0.4) is 0 Å². The van der Waals surface area contributed by atoms with Crippen molar-refractivity contribution in [3.05, 3.63) is 0 Å². The van der Waals surface area contributed by atoms with Gasteiger partial charge in [-0.3, -0.25) is 0 Å². The molecule has 1 aliphatic heterocycles. The Bertz CT molecular complexity index is 260. The van der Waals surface area contributed by atoms with Crippen LogP contribution in [-0.4, -0.2) is 24.4 Å². The standard InChI is InChI=1S/C13H21NO2/c14-10-13(6-2-1-3-7-13)12(15)11-4-8-16-9-5-11/h11-12,15H,1-9H2. The van der Waals surface area contributed by atoms with E-state index in [1.807, 2.05) is 0 Å². The molecule has 0 radical (unpaired) electrons. The molecule has 2 aliphatic rings. The lowest BCUT2D eigenvalue weighted by molar-refractivity contribution is -0.0497. The minimum atomic E-state index is -0.458. The van der Waals surface area contributed by atoms with Crippen molar-refractivity contribution in [3.63, 3.8) is 0 Å². The summed E-state index contributed by atoms with van der Waals surface area (Å²) in [7, 11) is 0. The van der Waals surface area contributed by atoms with Gasteiger partial charge in [0.1, 0.15) is 0 Å². The first-order valence-corrected chi connectivity index (χ1v) is 6.45. The van der Waals surface area contributed by atoms with Crippen LogP contribution in [-0.2, 0) is 4.74 Å². The third-order valence-corrected chi connectivity index (χ3v) is 4.25. The minimum Gasteiger partial charge on any atom is -0.391 e. The van der Waals surface area contributed by atoms with Gasteiger partial charge in [-0.25, -0.2) is 0 Å². The van der Waals surface area contributed by atoms with Crippen LogP contribution in [0, 0.1) is 22.7 Å². The Labute approximate surface area is 97.4 Å². The van der Waals surface area contributed by atoms with E-state index in [-0.39, 0.29) is 5.92 Å². The van der Waals surface area contributed by atoms with Gasteiger partial charge in [-0.05, 0) is 31.6 Å². The summed E-state index contributed by atoms with van der Waals surface area (Å²) in [5.74, 6) is 0.270. The van der Waals surface area contributed by atoms with Gasteiger partial charge in [0.05, 0.1) is 17.6 Å². The Morgan fingerprint density at radius 2 is 1.81 bits per heavy atom. The molecule has 0 amide bonds. The second-order valence-electron chi connectivity index (χ2n) is 5.22. The Hall–Kier alpha value is -0.590. The van der Waals surface area contributed by atoms with Crippen LogP contribution in [0.15, 0.2) is 0 Å². The van der Waals surface area contributed by atoms with Crippen molar-refractivity contribution < 1.29 is 9.84 Å². The molecule has 3 nitrogen and oxygen atoms in total. The van der Waals surface area contributed by atoms with Crippen molar-refractivity contribution >= 4 is 0 Å². The molecule has 1 heterocycles. The summed E-state index contributed by atoms with van der Waals surface area (Å²) in [4.78, 5) is 0. The number of ether oxygens (including phenoxy) is 1. The highest BCUT2D eigenvalue weighted by molar-refractivity contribution is 5.06. The van der Waals surface area contributed by atoms with Gasteiger partial charge in [0.2, 0.25) is 0 Å². The Morgan fingerprint density at radius 3 is 2.38 bits per heavy atom. The summed E-state index contributed by atoms with van der Waals surface area (Å²) < 4.78 is 5.31. The molecule has 1 saturated carbocycles. The van der Waals surface area contributed by atoms with Gasteiger partial charge < -0.3 is 9.84 Å². The van der Waals surface area contributed by atoms with Gasteiger partial charge >= 0.3 is 0 Å². The van der Waals surface area contributed by atoms with Gasteiger partial charge in [-0.15, -0.1) is 0 Å². The summed E-state index contributed by atoms with van der Waals surface area (Å²) in [5, 5.41) is 19.9. The van der Waals surface area contributed by atoms with E-state index in [2.05, 4.69) is 6.07 Å². The zero-order valence-electron chi connectivity index (χ0n) is 9.82. The molecule has 1 N–H and O–H groups in total. The van der Waals surface area contributed by atoms with E-state index in [1.54, 1.807) is 0 Å². The highest BCUT2D eigenvalue weighted by atomic mass is 16.5. The summed E-state index contributed by atoms with van der Waals surface area (Å²) in [6.07, 6.45) is 6.52. The number of hydrogen-bond acceptors (Lipinski definition) is 3. The molecule has 0 aromatic rings. The maximum atomic E-state index is 10.5. The lowest BCUT2D eigenvalue weighted by Gasteiger charge is -2.40. The number of aliphatic hydroxyl groups excluding tert-OH is 1. The predicted octanol–water partition coefficient (Wildman–Crippen LogP) is 2.25. The van der Waals surface area contributed by atoms with E-state index >= 15 is 0 Å². The molecule has 0 bridgehead atoms. The SMILES string of the molecule is N#CC1(C(O)C2CCOCC2)CCCCC1. The van der Waals surface area contributed by atoms with Crippen LogP contribution in [0.4, 0.5) is 0 Å². The number of hydrogen-bond donors (Lipinski definition) is 1. The molecule has 1 unspecified atom stereocenters. The highest BCUT2D eigenvalue weighted by Crippen LogP contribution is 2.42. The number of nitriles is 1. The monoisotopic (exact) mass is 223 g/mol. The van der Waals surface area contributed by atoms with E-state index in [4.69, 9.17) is 4.74 Å². The smallest absolute Gasteiger partial charge is 0.0835 e. The van der Waals surface area contributed by atoms with Gasteiger partial charge in [-0.2, -0.15) is 5.26 Å². The minimum absolute atomic E-state index is 0.270. The molecule has 0 spiro atoms. The third kappa shape index (κ3) is 2.23. The quantitative estimate of drug-likeness (QED) is 0.781. The van der Waals surface area contributed by atoms with Crippen LogP contribution in [0.5, 0.6) is 0 Å². The van der Waals surface area contributed by atoms with Crippen LogP contribution in [0.2, 0.25) is 0 Å². The Morgan fingerprint density at radius 1 is 1.19 bits per heavy atom. The lowest BCUT2D eigenvalue weighted by Crippen LogP contribution is -2.42. The zero-order valence-corrected chi connectivity index (χ0v) is 9.82. The maximum absolute atomic E-state index is 10.5. The molecule has 3 heteroatoms. The third-order valence-electron chi connectivity index (χ3n) is 4.25. The van der Waals surface area contributed by atoms with Crippen LogP contribution in [0.1, 0.15) is 44.9 Å². The number of nitrogens with zero attached hydrogens (tertiary/aromatic N) is 1. The van der Waals surface area contributed by atoms with Crippen molar-refractivity contribution in [1.29, 1.82) is 5.26 Å². The number of rotatable bonds is 2. The molecular formula is C13H21NO2. The average molecular weight is 223 g/mol. The molecule has 0 aromatic carbocycles. The van der Waals surface area contributed by atoms with Crippen LogP contribution >= 0.6 is 0 Å². The molecule has 1 aliphatic carbocycles. The Kier molecular flexibility index (Phi) is 3.83. The summed E-state index contributed by atoms with van der Waals surface area (Å²) in [6.45, 7) is 1.48. The lowest BCUT2D eigenvalue weighted by atomic mass is 9.67. The maximum Gasteiger partial charge on any atom is 0.0835 e. The van der Waals surface area contributed by atoms with Crippen molar-refractivity contribution in [3.8, 4) is 6.07 Å². The second-order valence-corrected chi connectivity index (χ2v) is 5.22. The van der Waals surface area contributed by atoms with E-state index in [0.717, 1.165) is 51.7 Å². The van der Waals surface area contributed by atoms with Crippen molar-refractivity contribution in [2.45, 2.75) is 51.0 Å². The second kappa shape index (κ2) is 5.16. The first kappa shape index (κ1) is 11.9. The molecule has 90 valence electrons. The van der Waals surface area contributed by atoms with Gasteiger partial charge in [0.25, 0.3) is 0 Å². The van der Waals surface area contributed by atoms with Crippen molar-refractivity contribution in [2.75, 3.05) is 13.2 Å². The molecule has 2 fully saturated rings. The average Bonchev–Trinajstić information content (AvgIpc) is 2.39. The highest BCUT2D eigenvalue weighted by Gasteiger charge is 2.43. The molecule has 0 aromatic heterocycles. The summed E-state index contributed by atoms with van der Waals surface area (Å²) >= 11 is 0. The van der Waals surface area contributed by atoms with Crippen molar-refractivity contribution in [1.82, 2.24) is 0 Å². The number of aliphatic hydroxyl groups is 1. The van der Waals surface area contributed by atoms with Gasteiger partial charge in [-0.1, -0.05) is 19.3 Å². The van der Waals surface area contributed by atoms with Gasteiger partial charge in [0.15, 0.2) is 0 Å². The molecule has 16 heavy (non-hydrogen) atoms. The molecule has 1 saturated heterocycles. The van der Waals surface area contributed by atoms with Crippen LogP contribution < -0.4 is 0 Å². The predicted molar refractivity (Wildman–Crippen MR) is 60.7 cm³/mol. The van der Waals surface area contributed by atoms with E-state index in [0.29, 0.717) is 0 Å². The Balaban J connectivity index is 2.04. The first-order valence-electron chi connectivity index (χ1n) is 6.45. The largest absolute Gasteiger partial charge is 0.391 e. The summed E-state index contributed by atoms with van der Waals surface area (Å²) in [5.41, 5.74) is -0.458. The van der Waals surface area contributed by atoms with Crippen LogP contribution in [0.25, 0.3) is 0 Å². The van der Waals surface area contributed by atoms with E-state index < -0.39 is 11.5 Å². The zero-order chi connectivity index (χ0) is 11.4. The normalized spacial score (nSPS) is 28.2. The van der Waals surface area contributed by atoms with Gasteiger partial charge in [0, 0.05) is 13.2 Å². The fraction of sp³-hybridized carbons (Fsp3) is 0.923. The topological polar surface area (TPSA) is 53.2 Å². The molecule has 1 atom stereocenters. The summed E-state index contributed by atoms with van der Waals surface area (Å²) in [6, 6.07) is 2.42. The fourth-order valence-electron chi connectivity index (χ4n) is 3.14. The molecular weight excluding hydrogens is 202 g/mol. The fourth-order valence-corrected chi connectivity index (χ4v) is 3.14. The van der Waals surface area contributed by atoms with E-state index in [1.165, 1.54) is 6.42 Å².